The van der Waals surface area contributed by atoms with Crippen LogP contribution in [0, 0.1) is 0 Å². The van der Waals surface area contributed by atoms with E-state index >= 15 is 0 Å². The van der Waals surface area contributed by atoms with Crippen LogP contribution in [0.15, 0.2) is 21.8 Å². The number of carbonyl (C=O) groups excluding carboxylic acids is 1. The number of amides is 1. The zero-order chi connectivity index (χ0) is 20.6. The first-order valence-electron chi connectivity index (χ1n) is 9.70. The molecule has 0 radical (unpaired) electrons. The molecule has 2 heterocycles. The molecule has 0 unspecified atom stereocenters. The van der Waals surface area contributed by atoms with Gasteiger partial charge in [0.1, 0.15) is 0 Å². The van der Waals surface area contributed by atoms with Gasteiger partial charge in [0.05, 0.1) is 21.3 Å². The van der Waals surface area contributed by atoms with Crippen molar-refractivity contribution in [3.05, 3.63) is 12.1 Å². The number of nitrogens with zero attached hydrogens (tertiary/aromatic N) is 3. The van der Waals surface area contributed by atoms with Crippen molar-refractivity contribution in [2.45, 2.75) is 37.3 Å². The Labute approximate surface area is 174 Å². The molecule has 0 bridgehead atoms. The van der Waals surface area contributed by atoms with Crippen molar-refractivity contribution >= 4 is 17.7 Å². The van der Waals surface area contributed by atoms with E-state index in [9.17, 15) is 4.79 Å². The number of hydrogen-bond acceptors (Lipinski definition) is 8. The van der Waals surface area contributed by atoms with Crippen LogP contribution in [0.25, 0.3) is 11.5 Å². The molecule has 1 fully saturated rings. The van der Waals surface area contributed by atoms with Gasteiger partial charge in [0.25, 0.3) is 5.22 Å². The van der Waals surface area contributed by atoms with E-state index in [0.717, 1.165) is 25.9 Å². The molecule has 2 aromatic rings. The second kappa shape index (κ2) is 10.4. The molecule has 3 rings (SSSR count). The SMILES string of the molecule is COc1cc(-c2nnc(SCCC(=O)N3CCCCCC3)o2)cc(OC)c1OC. The van der Waals surface area contributed by atoms with E-state index in [4.69, 9.17) is 18.6 Å². The van der Waals surface area contributed by atoms with E-state index in [2.05, 4.69) is 10.2 Å². The lowest BCUT2D eigenvalue weighted by Gasteiger charge is -2.19. The van der Waals surface area contributed by atoms with Crippen LogP contribution in [-0.2, 0) is 4.79 Å². The van der Waals surface area contributed by atoms with Gasteiger partial charge < -0.3 is 23.5 Å². The molecule has 9 heteroatoms. The Morgan fingerprint density at radius 2 is 1.69 bits per heavy atom. The summed E-state index contributed by atoms with van der Waals surface area (Å²) < 4.78 is 21.8. The Morgan fingerprint density at radius 1 is 1.03 bits per heavy atom. The molecule has 0 spiro atoms. The molecule has 1 aliphatic rings. The van der Waals surface area contributed by atoms with Gasteiger partial charge in [-0.2, -0.15) is 0 Å². The van der Waals surface area contributed by atoms with Crippen molar-refractivity contribution in [2.24, 2.45) is 0 Å². The van der Waals surface area contributed by atoms with Crippen molar-refractivity contribution in [1.29, 1.82) is 0 Å². The van der Waals surface area contributed by atoms with Gasteiger partial charge in [0.15, 0.2) is 11.5 Å². The summed E-state index contributed by atoms with van der Waals surface area (Å²) in [6, 6.07) is 3.51. The zero-order valence-electron chi connectivity index (χ0n) is 17.1. The number of carbonyl (C=O) groups is 1. The lowest BCUT2D eigenvalue weighted by Crippen LogP contribution is -2.31. The monoisotopic (exact) mass is 421 g/mol. The maximum Gasteiger partial charge on any atom is 0.276 e. The maximum atomic E-state index is 12.4. The highest BCUT2D eigenvalue weighted by Crippen LogP contribution is 2.41. The first kappa shape index (κ1) is 21.3. The molecular weight excluding hydrogens is 394 g/mol. The first-order valence-corrected chi connectivity index (χ1v) is 10.7. The van der Waals surface area contributed by atoms with Crippen LogP contribution in [0.1, 0.15) is 32.1 Å². The molecule has 8 nitrogen and oxygen atoms in total. The van der Waals surface area contributed by atoms with E-state index in [0.29, 0.717) is 46.1 Å². The van der Waals surface area contributed by atoms with Gasteiger partial charge in [-0.3, -0.25) is 4.79 Å². The highest BCUT2D eigenvalue weighted by molar-refractivity contribution is 7.99. The Kier molecular flexibility index (Phi) is 7.62. The minimum atomic E-state index is 0.198. The second-order valence-electron chi connectivity index (χ2n) is 6.68. The average molecular weight is 422 g/mol. The average Bonchev–Trinajstić information content (AvgIpc) is 3.05. The van der Waals surface area contributed by atoms with E-state index in [-0.39, 0.29) is 5.91 Å². The first-order chi connectivity index (χ1) is 14.2. The highest BCUT2D eigenvalue weighted by atomic mass is 32.2. The van der Waals surface area contributed by atoms with Crippen LogP contribution in [0.4, 0.5) is 0 Å². The number of ether oxygens (including phenoxy) is 3. The molecule has 1 aromatic carbocycles. The van der Waals surface area contributed by atoms with Gasteiger partial charge in [-0.25, -0.2) is 0 Å². The summed E-state index contributed by atoms with van der Waals surface area (Å²) in [5.41, 5.74) is 0.666. The molecule has 0 atom stereocenters. The van der Waals surface area contributed by atoms with E-state index in [1.165, 1.54) is 24.6 Å². The van der Waals surface area contributed by atoms with Gasteiger partial charge in [0, 0.05) is 30.8 Å². The van der Waals surface area contributed by atoms with Gasteiger partial charge >= 0.3 is 0 Å². The molecule has 0 N–H and O–H groups in total. The molecule has 1 aromatic heterocycles. The number of thioether (sulfide) groups is 1. The van der Waals surface area contributed by atoms with E-state index in [1.54, 1.807) is 33.5 Å². The number of aromatic nitrogens is 2. The molecule has 0 saturated carbocycles. The summed E-state index contributed by atoms with van der Waals surface area (Å²) in [6.07, 6.45) is 5.09. The molecule has 0 aliphatic carbocycles. The van der Waals surface area contributed by atoms with Crippen LogP contribution >= 0.6 is 11.8 Å². The summed E-state index contributed by atoms with van der Waals surface area (Å²) in [7, 11) is 4.66. The van der Waals surface area contributed by atoms with Gasteiger partial charge in [0.2, 0.25) is 17.5 Å². The maximum absolute atomic E-state index is 12.4. The quantitative estimate of drug-likeness (QED) is 0.597. The third-order valence-corrected chi connectivity index (χ3v) is 5.64. The third kappa shape index (κ3) is 5.35. The lowest BCUT2D eigenvalue weighted by atomic mass is 10.2. The van der Waals surface area contributed by atoms with Crippen LogP contribution in [0.3, 0.4) is 0 Å². The largest absolute Gasteiger partial charge is 0.493 e. The third-order valence-electron chi connectivity index (χ3n) is 4.82. The fraction of sp³-hybridized carbons (Fsp3) is 0.550. The lowest BCUT2D eigenvalue weighted by molar-refractivity contribution is -0.130. The molecule has 1 aliphatic heterocycles. The predicted molar refractivity (Wildman–Crippen MR) is 110 cm³/mol. The van der Waals surface area contributed by atoms with Crippen molar-refractivity contribution in [3.8, 4) is 28.7 Å². The molecule has 1 saturated heterocycles. The van der Waals surface area contributed by atoms with E-state index in [1.807, 2.05) is 4.90 Å². The summed E-state index contributed by atoms with van der Waals surface area (Å²) in [6.45, 7) is 1.74. The second-order valence-corrected chi connectivity index (χ2v) is 7.73. The fourth-order valence-electron chi connectivity index (χ4n) is 3.29. The van der Waals surface area contributed by atoms with Gasteiger partial charge in [-0.05, 0) is 25.0 Å². The van der Waals surface area contributed by atoms with Crippen molar-refractivity contribution in [1.82, 2.24) is 15.1 Å². The van der Waals surface area contributed by atoms with Crippen molar-refractivity contribution in [3.63, 3.8) is 0 Å². The smallest absolute Gasteiger partial charge is 0.276 e. The summed E-state index contributed by atoms with van der Waals surface area (Å²) >= 11 is 1.39. The summed E-state index contributed by atoms with van der Waals surface area (Å²) in [5, 5.41) is 8.62. The minimum Gasteiger partial charge on any atom is -0.493 e. The number of benzene rings is 1. The standard InChI is InChI=1S/C20H27N3O5S/c1-25-15-12-14(13-16(26-2)18(15)27-3)19-21-22-20(28-19)29-11-8-17(24)23-9-6-4-5-7-10-23/h12-13H,4-11H2,1-3H3. The van der Waals surface area contributed by atoms with Crippen molar-refractivity contribution < 1.29 is 23.4 Å². The van der Waals surface area contributed by atoms with Crippen LogP contribution < -0.4 is 14.2 Å². The normalized spacial score (nSPS) is 14.4. The Balaban J connectivity index is 1.61. The minimum absolute atomic E-state index is 0.198. The number of rotatable bonds is 8. The molecule has 1 amide bonds. The van der Waals surface area contributed by atoms with Crippen LogP contribution in [0.2, 0.25) is 0 Å². The number of methoxy groups -OCH3 is 3. The Morgan fingerprint density at radius 3 is 2.28 bits per heavy atom. The Hall–Kier alpha value is -2.42. The number of likely N-dealkylation sites (tertiary alicyclic amines) is 1. The van der Waals surface area contributed by atoms with Crippen LogP contribution in [-0.4, -0.2) is 61.2 Å². The predicted octanol–water partition coefficient (Wildman–Crippen LogP) is 3.65. The van der Waals surface area contributed by atoms with Crippen molar-refractivity contribution in [2.75, 3.05) is 40.2 Å². The summed E-state index contributed by atoms with van der Waals surface area (Å²) in [5.74, 6) is 2.68. The van der Waals surface area contributed by atoms with Gasteiger partial charge in [-0.15, -0.1) is 10.2 Å². The number of hydrogen-bond donors (Lipinski definition) is 0. The van der Waals surface area contributed by atoms with Gasteiger partial charge in [-0.1, -0.05) is 24.6 Å². The topological polar surface area (TPSA) is 86.9 Å². The fourth-order valence-corrected chi connectivity index (χ4v) is 3.98. The highest BCUT2D eigenvalue weighted by Gasteiger charge is 2.19. The molecule has 158 valence electrons. The molecule has 29 heavy (non-hydrogen) atoms. The van der Waals surface area contributed by atoms with Crippen LogP contribution in [0.5, 0.6) is 17.2 Å². The summed E-state index contributed by atoms with van der Waals surface area (Å²) in [4.78, 5) is 14.4. The van der Waals surface area contributed by atoms with E-state index < -0.39 is 0 Å². The zero-order valence-corrected chi connectivity index (χ0v) is 17.9. The Bertz CT molecular complexity index is 793. The molecular formula is C20H27N3O5S.